The average molecular weight is 322 g/mol. The molecule has 1 saturated carbocycles. The molecule has 0 bridgehead atoms. The van der Waals surface area contributed by atoms with Gasteiger partial charge < -0.3 is 20.2 Å². The Morgan fingerprint density at radius 1 is 1.35 bits per heavy atom. The van der Waals surface area contributed by atoms with Crippen LogP contribution in [-0.2, 0) is 16.1 Å². The molecule has 0 aliphatic heterocycles. The van der Waals surface area contributed by atoms with Crippen LogP contribution in [0.3, 0.4) is 0 Å². The third kappa shape index (κ3) is 4.34. The summed E-state index contributed by atoms with van der Waals surface area (Å²) in [6.07, 6.45) is 3.96. The molecule has 1 atom stereocenters. The molecule has 0 spiro atoms. The van der Waals surface area contributed by atoms with E-state index in [2.05, 4.69) is 10.6 Å². The normalized spacial score (nSPS) is 16.1. The van der Waals surface area contributed by atoms with Crippen molar-refractivity contribution in [1.29, 1.82) is 0 Å². The molecule has 0 radical (unpaired) electrons. The van der Waals surface area contributed by atoms with Crippen LogP contribution in [0.1, 0.15) is 54.5 Å². The molecule has 1 heterocycles. The van der Waals surface area contributed by atoms with Crippen molar-refractivity contribution in [1.82, 2.24) is 10.6 Å². The average Bonchev–Trinajstić information content (AvgIpc) is 3.11. The molecule has 1 aliphatic rings. The minimum atomic E-state index is -1.06. The van der Waals surface area contributed by atoms with Crippen molar-refractivity contribution in [3.8, 4) is 0 Å². The summed E-state index contributed by atoms with van der Waals surface area (Å²) in [4.78, 5) is 34.7. The van der Waals surface area contributed by atoms with E-state index in [1.807, 2.05) is 0 Å². The zero-order chi connectivity index (χ0) is 17.0. The van der Waals surface area contributed by atoms with Crippen LogP contribution >= 0.6 is 0 Å². The Kier molecular flexibility index (Phi) is 5.41. The first-order chi connectivity index (χ1) is 10.9. The first-order valence-electron chi connectivity index (χ1n) is 7.76. The highest BCUT2D eigenvalue weighted by molar-refractivity contribution is 5.89. The van der Waals surface area contributed by atoms with Crippen LogP contribution in [0.15, 0.2) is 10.5 Å². The highest BCUT2D eigenvalue weighted by Gasteiger charge is 2.31. The topological polar surface area (TPSA) is 109 Å². The van der Waals surface area contributed by atoms with E-state index in [9.17, 15) is 14.4 Å². The van der Waals surface area contributed by atoms with Gasteiger partial charge in [-0.15, -0.1) is 0 Å². The number of nitrogens with one attached hydrogen (secondary N) is 2. The number of amides is 2. The Hall–Kier alpha value is -2.31. The number of hydrogen-bond acceptors (Lipinski definition) is 4. The second kappa shape index (κ2) is 7.30. The lowest BCUT2D eigenvalue weighted by Gasteiger charge is -2.23. The fourth-order valence-corrected chi connectivity index (χ4v) is 3.03. The molecule has 126 valence electrons. The molecule has 0 aromatic carbocycles. The van der Waals surface area contributed by atoms with Gasteiger partial charge in [0.25, 0.3) is 0 Å². The number of carbonyl (C=O) groups excluding carboxylic acids is 2. The monoisotopic (exact) mass is 322 g/mol. The van der Waals surface area contributed by atoms with E-state index in [0.717, 1.165) is 25.7 Å². The zero-order valence-corrected chi connectivity index (χ0v) is 13.3. The minimum absolute atomic E-state index is 0.0865. The Morgan fingerprint density at radius 2 is 2.00 bits per heavy atom. The third-order valence-corrected chi connectivity index (χ3v) is 4.15. The second-order valence-electron chi connectivity index (χ2n) is 5.93. The SMILES string of the molecule is CC(=O)NC(C(=O)NCc1cc(C(=O)O)c(C)o1)C1CCCC1. The van der Waals surface area contributed by atoms with Gasteiger partial charge in [0, 0.05) is 6.92 Å². The Balaban J connectivity index is 1.99. The van der Waals surface area contributed by atoms with Gasteiger partial charge in [-0.1, -0.05) is 12.8 Å². The quantitative estimate of drug-likeness (QED) is 0.737. The highest BCUT2D eigenvalue weighted by atomic mass is 16.4. The molecule has 1 aliphatic carbocycles. The first-order valence-corrected chi connectivity index (χ1v) is 7.76. The van der Waals surface area contributed by atoms with Crippen LogP contribution in [-0.4, -0.2) is 28.9 Å². The molecule has 0 saturated heterocycles. The van der Waals surface area contributed by atoms with Crippen LogP contribution < -0.4 is 10.6 Å². The predicted molar refractivity (Wildman–Crippen MR) is 81.8 cm³/mol. The summed E-state index contributed by atoms with van der Waals surface area (Å²) in [6, 6.07) is 0.853. The number of carbonyl (C=O) groups is 3. The molecule has 1 fully saturated rings. The lowest BCUT2D eigenvalue weighted by Crippen LogP contribution is -2.49. The van der Waals surface area contributed by atoms with Crippen LogP contribution in [0.2, 0.25) is 0 Å². The van der Waals surface area contributed by atoms with Crippen LogP contribution in [0, 0.1) is 12.8 Å². The molecule has 7 nitrogen and oxygen atoms in total. The summed E-state index contributed by atoms with van der Waals surface area (Å²) in [5.41, 5.74) is 0.0865. The molecule has 3 N–H and O–H groups in total. The molecule has 23 heavy (non-hydrogen) atoms. The predicted octanol–water partition coefficient (Wildman–Crippen LogP) is 1.60. The van der Waals surface area contributed by atoms with Gasteiger partial charge >= 0.3 is 5.97 Å². The standard InChI is InChI=1S/C16H22N2O5/c1-9-13(16(21)22)7-12(23-9)8-17-15(20)14(18-10(2)19)11-5-3-4-6-11/h7,11,14H,3-6,8H2,1-2H3,(H,17,20)(H,18,19)(H,21,22). The summed E-state index contributed by atoms with van der Waals surface area (Å²) in [5, 5.41) is 14.4. The maximum Gasteiger partial charge on any atom is 0.339 e. The van der Waals surface area contributed by atoms with Crippen molar-refractivity contribution in [2.45, 2.75) is 52.1 Å². The van der Waals surface area contributed by atoms with Crippen molar-refractivity contribution in [3.05, 3.63) is 23.2 Å². The summed E-state index contributed by atoms with van der Waals surface area (Å²) < 4.78 is 5.33. The van der Waals surface area contributed by atoms with Gasteiger partial charge in [-0.2, -0.15) is 0 Å². The van der Waals surface area contributed by atoms with Gasteiger partial charge in [0.15, 0.2) is 0 Å². The van der Waals surface area contributed by atoms with Crippen molar-refractivity contribution in [2.24, 2.45) is 5.92 Å². The van der Waals surface area contributed by atoms with E-state index in [0.29, 0.717) is 11.5 Å². The second-order valence-corrected chi connectivity index (χ2v) is 5.93. The van der Waals surface area contributed by atoms with E-state index in [1.54, 1.807) is 6.92 Å². The fourth-order valence-electron chi connectivity index (χ4n) is 3.03. The van der Waals surface area contributed by atoms with Crippen LogP contribution in [0.4, 0.5) is 0 Å². The van der Waals surface area contributed by atoms with Crippen LogP contribution in [0.5, 0.6) is 0 Å². The molecule has 7 heteroatoms. The number of aryl methyl sites for hydroxylation is 1. The van der Waals surface area contributed by atoms with Crippen molar-refractivity contribution in [2.75, 3.05) is 0 Å². The van der Waals surface area contributed by atoms with E-state index in [-0.39, 0.29) is 29.8 Å². The number of carboxylic acid groups (broad SMARTS) is 1. The number of carboxylic acids is 1. The first kappa shape index (κ1) is 17.1. The molecular weight excluding hydrogens is 300 g/mol. The van der Waals surface area contributed by atoms with Crippen molar-refractivity contribution < 1.29 is 23.9 Å². The smallest absolute Gasteiger partial charge is 0.339 e. The third-order valence-electron chi connectivity index (χ3n) is 4.15. The molecule has 2 rings (SSSR count). The fraction of sp³-hybridized carbons (Fsp3) is 0.562. The maximum absolute atomic E-state index is 12.4. The largest absolute Gasteiger partial charge is 0.478 e. The number of aromatic carboxylic acids is 1. The van der Waals surface area contributed by atoms with E-state index >= 15 is 0 Å². The van der Waals surface area contributed by atoms with Gasteiger partial charge in [-0.25, -0.2) is 4.79 Å². The minimum Gasteiger partial charge on any atom is -0.478 e. The molecule has 1 unspecified atom stereocenters. The van der Waals surface area contributed by atoms with Gasteiger partial charge in [0.1, 0.15) is 23.1 Å². The Morgan fingerprint density at radius 3 is 2.52 bits per heavy atom. The number of hydrogen-bond donors (Lipinski definition) is 3. The molecule has 1 aromatic rings. The van der Waals surface area contributed by atoms with Crippen molar-refractivity contribution in [3.63, 3.8) is 0 Å². The Bertz CT molecular complexity index is 602. The lowest BCUT2D eigenvalue weighted by molar-refractivity contribution is -0.129. The maximum atomic E-state index is 12.4. The zero-order valence-electron chi connectivity index (χ0n) is 13.3. The van der Waals surface area contributed by atoms with Gasteiger partial charge in [-0.3, -0.25) is 9.59 Å². The number of furan rings is 1. The summed E-state index contributed by atoms with van der Waals surface area (Å²) in [6.45, 7) is 3.05. The Labute approximate surface area is 134 Å². The van der Waals surface area contributed by atoms with Gasteiger partial charge in [-0.05, 0) is 31.7 Å². The highest BCUT2D eigenvalue weighted by Crippen LogP contribution is 2.28. The summed E-state index contributed by atoms with van der Waals surface area (Å²) >= 11 is 0. The summed E-state index contributed by atoms with van der Waals surface area (Å²) in [7, 11) is 0. The van der Waals surface area contributed by atoms with E-state index in [4.69, 9.17) is 9.52 Å². The lowest BCUT2D eigenvalue weighted by atomic mass is 9.97. The van der Waals surface area contributed by atoms with Gasteiger partial charge in [0.05, 0.1) is 6.54 Å². The van der Waals surface area contributed by atoms with E-state index in [1.165, 1.54) is 13.0 Å². The van der Waals surface area contributed by atoms with Crippen LogP contribution in [0.25, 0.3) is 0 Å². The molecular formula is C16H22N2O5. The summed E-state index contributed by atoms with van der Waals surface area (Å²) in [5.74, 6) is -0.744. The van der Waals surface area contributed by atoms with Gasteiger partial charge in [0.2, 0.25) is 11.8 Å². The molecule has 2 amide bonds. The van der Waals surface area contributed by atoms with Crippen molar-refractivity contribution >= 4 is 17.8 Å². The van der Waals surface area contributed by atoms with E-state index < -0.39 is 12.0 Å². The molecule has 1 aromatic heterocycles. The number of rotatable bonds is 6.